The van der Waals surface area contributed by atoms with Gasteiger partial charge in [0.25, 0.3) is 0 Å². The molecule has 0 saturated carbocycles. The van der Waals surface area contributed by atoms with Crippen LogP contribution in [0.5, 0.6) is 17.2 Å². The number of methoxy groups -OCH3 is 3. The Balaban J connectivity index is 1.68. The number of aromatic nitrogens is 3. The van der Waals surface area contributed by atoms with Crippen LogP contribution in [0.4, 0.5) is 0 Å². The first-order chi connectivity index (χ1) is 13.5. The van der Waals surface area contributed by atoms with Crippen molar-refractivity contribution in [1.29, 1.82) is 0 Å². The van der Waals surface area contributed by atoms with E-state index >= 15 is 0 Å². The average Bonchev–Trinajstić information content (AvgIpc) is 3.20. The summed E-state index contributed by atoms with van der Waals surface area (Å²) in [6.07, 6.45) is 0. The maximum absolute atomic E-state index is 12.4. The Hall–Kier alpha value is -2.46. The summed E-state index contributed by atoms with van der Waals surface area (Å²) in [5.41, 5.74) is 0.749. The Labute approximate surface area is 168 Å². The number of aromatic amines is 1. The highest BCUT2D eigenvalue weighted by Gasteiger charge is 2.20. The van der Waals surface area contributed by atoms with Crippen LogP contribution in [0.25, 0.3) is 11.4 Å². The quantitative estimate of drug-likeness (QED) is 0.688. The molecule has 1 aliphatic rings. The van der Waals surface area contributed by atoms with E-state index in [0.717, 1.165) is 31.7 Å². The lowest BCUT2D eigenvalue weighted by atomic mass is 10.1. The van der Waals surface area contributed by atoms with Gasteiger partial charge in [0.15, 0.2) is 17.3 Å². The minimum absolute atomic E-state index is 0.109. The molecule has 3 rings (SSSR count). The van der Waals surface area contributed by atoms with Crippen molar-refractivity contribution in [3.05, 3.63) is 12.1 Å². The highest BCUT2D eigenvalue weighted by Crippen LogP contribution is 2.40. The van der Waals surface area contributed by atoms with Crippen LogP contribution in [0.15, 0.2) is 17.3 Å². The number of thioether (sulfide) groups is 1. The monoisotopic (exact) mass is 407 g/mol. The predicted octanol–water partition coefficient (Wildman–Crippen LogP) is 1.36. The lowest BCUT2D eigenvalue weighted by Crippen LogP contribution is -2.47. The van der Waals surface area contributed by atoms with Crippen molar-refractivity contribution in [3.63, 3.8) is 0 Å². The van der Waals surface area contributed by atoms with Gasteiger partial charge in [0.1, 0.15) is 0 Å². The van der Waals surface area contributed by atoms with Gasteiger partial charge in [0.2, 0.25) is 16.8 Å². The number of nitrogens with zero attached hydrogens (tertiary/aromatic N) is 4. The van der Waals surface area contributed by atoms with Crippen molar-refractivity contribution in [2.45, 2.75) is 5.16 Å². The molecule has 0 radical (unpaired) electrons. The summed E-state index contributed by atoms with van der Waals surface area (Å²) < 4.78 is 16.1. The van der Waals surface area contributed by atoms with E-state index in [1.165, 1.54) is 11.8 Å². The standard InChI is InChI=1S/C18H25N5O4S/c1-22-5-7-23(8-6-22)15(24)11-28-18-19-17(20-21-18)12-9-13(25-2)16(27-4)14(10-12)26-3/h9-10H,5-8,11H2,1-4H3,(H,19,20,21). The summed E-state index contributed by atoms with van der Waals surface area (Å²) in [6, 6.07) is 3.59. The molecule has 1 aliphatic heterocycles. The van der Waals surface area contributed by atoms with Gasteiger partial charge in [-0.15, -0.1) is 5.10 Å². The molecule has 10 heteroatoms. The van der Waals surface area contributed by atoms with Gasteiger partial charge in [-0.2, -0.15) is 0 Å². The molecule has 1 fully saturated rings. The molecule has 2 aromatic rings. The third kappa shape index (κ3) is 4.50. The summed E-state index contributed by atoms with van der Waals surface area (Å²) in [5, 5.41) is 7.64. The number of amides is 1. The summed E-state index contributed by atoms with van der Waals surface area (Å²) in [6.45, 7) is 3.34. The normalized spacial score (nSPS) is 14.8. The molecule has 1 saturated heterocycles. The molecule has 0 bridgehead atoms. The number of nitrogens with one attached hydrogen (secondary N) is 1. The fraction of sp³-hybridized carbons (Fsp3) is 0.500. The molecule has 28 heavy (non-hydrogen) atoms. The van der Waals surface area contributed by atoms with Crippen molar-refractivity contribution < 1.29 is 19.0 Å². The average molecular weight is 407 g/mol. The van der Waals surface area contributed by atoms with E-state index in [-0.39, 0.29) is 5.91 Å². The van der Waals surface area contributed by atoms with Gasteiger partial charge in [0.05, 0.1) is 27.1 Å². The van der Waals surface area contributed by atoms with Crippen LogP contribution in [0.3, 0.4) is 0 Å². The molecule has 9 nitrogen and oxygen atoms in total. The Morgan fingerprint density at radius 3 is 2.32 bits per heavy atom. The number of likely N-dealkylation sites (N-methyl/N-ethyl adjacent to an activating group) is 1. The molecule has 0 atom stereocenters. The lowest BCUT2D eigenvalue weighted by molar-refractivity contribution is -0.129. The number of ether oxygens (including phenoxy) is 3. The Kier molecular flexibility index (Phi) is 6.63. The largest absolute Gasteiger partial charge is 0.493 e. The molecular weight excluding hydrogens is 382 g/mol. The fourth-order valence-corrected chi connectivity index (χ4v) is 3.63. The number of hydrogen-bond acceptors (Lipinski definition) is 8. The van der Waals surface area contributed by atoms with Gasteiger partial charge in [-0.05, 0) is 19.2 Å². The molecule has 0 unspecified atom stereocenters. The first-order valence-electron chi connectivity index (χ1n) is 8.87. The highest BCUT2D eigenvalue weighted by atomic mass is 32.2. The van der Waals surface area contributed by atoms with Crippen LogP contribution in [0, 0.1) is 0 Å². The minimum Gasteiger partial charge on any atom is -0.493 e. The second-order valence-electron chi connectivity index (χ2n) is 6.35. The van der Waals surface area contributed by atoms with E-state index in [4.69, 9.17) is 14.2 Å². The van der Waals surface area contributed by atoms with E-state index in [2.05, 4.69) is 27.1 Å². The van der Waals surface area contributed by atoms with Crippen LogP contribution in [0.2, 0.25) is 0 Å². The zero-order valence-corrected chi connectivity index (χ0v) is 17.3. The Morgan fingerprint density at radius 1 is 1.11 bits per heavy atom. The Morgan fingerprint density at radius 2 is 1.75 bits per heavy atom. The van der Waals surface area contributed by atoms with Gasteiger partial charge in [0, 0.05) is 31.7 Å². The maximum Gasteiger partial charge on any atom is 0.233 e. The summed E-state index contributed by atoms with van der Waals surface area (Å²) in [7, 11) is 6.74. The van der Waals surface area contributed by atoms with Crippen molar-refractivity contribution in [1.82, 2.24) is 25.0 Å². The first kappa shape index (κ1) is 20.3. The van der Waals surface area contributed by atoms with Crippen LogP contribution in [-0.2, 0) is 4.79 Å². The topological polar surface area (TPSA) is 92.8 Å². The second-order valence-corrected chi connectivity index (χ2v) is 7.30. The zero-order valence-electron chi connectivity index (χ0n) is 16.5. The van der Waals surface area contributed by atoms with Gasteiger partial charge < -0.3 is 24.0 Å². The number of H-pyrrole nitrogens is 1. The van der Waals surface area contributed by atoms with E-state index < -0.39 is 0 Å². The number of benzene rings is 1. The summed E-state index contributed by atoms with van der Waals surface area (Å²) in [4.78, 5) is 21.0. The molecule has 0 spiro atoms. The zero-order chi connectivity index (χ0) is 20.1. The number of carbonyl (C=O) groups excluding carboxylic acids is 1. The number of hydrogen-bond donors (Lipinski definition) is 1. The number of piperazine rings is 1. The van der Waals surface area contributed by atoms with E-state index in [0.29, 0.717) is 34.0 Å². The van der Waals surface area contributed by atoms with Crippen molar-refractivity contribution in [2.24, 2.45) is 0 Å². The summed E-state index contributed by atoms with van der Waals surface area (Å²) >= 11 is 1.32. The van der Waals surface area contributed by atoms with Crippen molar-refractivity contribution >= 4 is 17.7 Å². The van der Waals surface area contributed by atoms with Gasteiger partial charge in [-0.25, -0.2) is 4.98 Å². The van der Waals surface area contributed by atoms with E-state index in [9.17, 15) is 4.79 Å². The molecule has 1 aromatic heterocycles. The minimum atomic E-state index is 0.109. The van der Waals surface area contributed by atoms with E-state index in [1.807, 2.05) is 4.90 Å². The maximum atomic E-state index is 12.4. The molecule has 1 aromatic carbocycles. The molecule has 2 heterocycles. The lowest BCUT2D eigenvalue weighted by Gasteiger charge is -2.32. The molecule has 1 amide bonds. The third-order valence-electron chi connectivity index (χ3n) is 4.58. The van der Waals surface area contributed by atoms with Crippen molar-refractivity contribution in [3.8, 4) is 28.6 Å². The smallest absolute Gasteiger partial charge is 0.233 e. The Bertz CT molecular complexity index is 795. The van der Waals surface area contributed by atoms with Gasteiger partial charge in [-0.1, -0.05) is 11.8 Å². The highest BCUT2D eigenvalue weighted by molar-refractivity contribution is 7.99. The van der Waals surface area contributed by atoms with Crippen molar-refractivity contribution in [2.75, 3.05) is 60.3 Å². The third-order valence-corrected chi connectivity index (χ3v) is 5.42. The SMILES string of the molecule is COc1cc(-c2nc(SCC(=O)N3CCN(C)CC3)n[nH]2)cc(OC)c1OC. The van der Waals surface area contributed by atoms with Crippen LogP contribution >= 0.6 is 11.8 Å². The first-order valence-corrected chi connectivity index (χ1v) is 9.86. The van der Waals surface area contributed by atoms with Crippen LogP contribution < -0.4 is 14.2 Å². The second kappa shape index (κ2) is 9.16. The molecule has 0 aliphatic carbocycles. The molecule has 152 valence electrons. The van der Waals surface area contributed by atoms with Crippen LogP contribution in [-0.4, -0.2) is 91.2 Å². The number of carbonyl (C=O) groups is 1. The van der Waals surface area contributed by atoms with E-state index in [1.54, 1.807) is 33.5 Å². The van der Waals surface area contributed by atoms with Gasteiger partial charge >= 0.3 is 0 Å². The number of rotatable bonds is 7. The fourth-order valence-electron chi connectivity index (χ4n) is 2.93. The molecular formula is C18H25N5O4S. The van der Waals surface area contributed by atoms with Gasteiger partial charge in [-0.3, -0.25) is 9.89 Å². The van der Waals surface area contributed by atoms with Crippen LogP contribution in [0.1, 0.15) is 0 Å². The molecule has 1 N–H and O–H groups in total. The predicted molar refractivity (Wildman–Crippen MR) is 106 cm³/mol. The summed E-state index contributed by atoms with van der Waals surface area (Å²) in [5.74, 6) is 2.57.